The normalized spacial score (nSPS) is 15.8. The van der Waals surface area contributed by atoms with E-state index in [2.05, 4.69) is 10.2 Å². The summed E-state index contributed by atoms with van der Waals surface area (Å²) < 4.78 is 11.4. The Kier molecular flexibility index (Phi) is 8.19. The third-order valence-corrected chi connectivity index (χ3v) is 4.57. The molecule has 2 aromatic rings. The number of aliphatic hydroxyl groups excluding tert-OH is 1. The van der Waals surface area contributed by atoms with Crippen LogP contribution in [0, 0.1) is 0 Å². The third kappa shape index (κ3) is 5.11. The van der Waals surface area contributed by atoms with Crippen LogP contribution in [-0.2, 0) is 6.61 Å². The predicted molar refractivity (Wildman–Crippen MR) is 105 cm³/mol. The molecule has 2 N–H and O–H groups in total. The molecule has 1 aliphatic heterocycles. The Labute approximate surface area is 161 Å². The van der Waals surface area contributed by atoms with Crippen LogP contribution in [0.4, 0.5) is 0 Å². The van der Waals surface area contributed by atoms with Crippen molar-refractivity contribution in [1.82, 2.24) is 10.2 Å². The zero-order valence-corrected chi connectivity index (χ0v) is 15.9. The van der Waals surface area contributed by atoms with Gasteiger partial charge in [-0.3, -0.25) is 4.90 Å². The lowest BCUT2D eigenvalue weighted by molar-refractivity contribution is 0.110. The first kappa shape index (κ1) is 20.5. The van der Waals surface area contributed by atoms with Crippen molar-refractivity contribution < 1.29 is 14.6 Å². The second-order valence-corrected chi connectivity index (χ2v) is 6.17. The summed E-state index contributed by atoms with van der Waals surface area (Å²) >= 11 is 0. The number of aliphatic hydroxyl groups is 1. The molecule has 0 unspecified atom stereocenters. The topological polar surface area (TPSA) is 54.0 Å². The van der Waals surface area contributed by atoms with Crippen LogP contribution in [0.25, 0.3) is 0 Å². The largest absolute Gasteiger partial charge is 0.493 e. The lowest BCUT2D eigenvalue weighted by Gasteiger charge is -2.34. The van der Waals surface area contributed by atoms with E-state index in [1.165, 1.54) is 0 Å². The van der Waals surface area contributed by atoms with Crippen LogP contribution in [0.2, 0.25) is 0 Å². The summed E-state index contributed by atoms with van der Waals surface area (Å²) in [5.41, 5.74) is 2.16. The molecule has 26 heavy (non-hydrogen) atoms. The van der Waals surface area contributed by atoms with Gasteiger partial charge >= 0.3 is 0 Å². The Morgan fingerprint density at radius 1 is 1.08 bits per heavy atom. The second kappa shape index (κ2) is 10.4. The number of ether oxygens (including phenoxy) is 2. The van der Waals surface area contributed by atoms with Crippen LogP contribution in [0.5, 0.6) is 11.5 Å². The van der Waals surface area contributed by atoms with Gasteiger partial charge in [-0.2, -0.15) is 0 Å². The molecule has 0 radical (unpaired) electrons. The monoisotopic (exact) mass is 378 g/mol. The van der Waals surface area contributed by atoms with Gasteiger partial charge in [0.25, 0.3) is 0 Å². The molecule has 1 atom stereocenters. The molecule has 5 nitrogen and oxygen atoms in total. The summed E-state index contributed by atoms with van der Waals surface area (Å²) in [6.07, 6.45) is 0. The van der Waals surface area contributed by atoms with Crippen LogP contribution < -0.4 is 14.8 Å². The van der Waals surface area contributed by atoms with Gasteiger partial charge in [0.1, 0.15) is 6.61 Å². The summed E-state index contributed by atoms with van der Waals surface area (Å²) in [6.45, 7) is 4.35. The average molecular weight is 379 g/mol. The van der Waals surface area contributed by atoms with Crippen molar-refractivity contribution >= 4 is 12.4 Å². The SMILES string of the molecule is COc1cc([C@H](CO)N2CCNCC2)ccc1OCc1ccccc1.Cl. The van der Waals surface area contributed by atoms with Gasteiger partial charge in [-0.15, -0.1) is 12.4 Å². The lowest BCUT2D eigenvalue weighted by Crippen LogP contribution is -2.46. The minimum atomic E-state index is -0.0147. The standard InChI is InChI=1S/C20H26N2O3.ClH/c1-24-20-13-17(18(14-23)22-11-9-21-10-12-22)7-8-19(20)25-15-16-5-3-2-4-6-16;/h2-8,13,18,21,23H,9-12,14-15H2,1H3;1H/t18-;/m0./s1. The summed E-state index contributed by atoms with van der Waals surface area (Å²) in [6, 6.07) is 16.0. The van der Waals surface area contributed by atoms with Crippen LogP contribution in [0.3, 0.4) is 0 Å². The second-order valence-electron chi connectivity index (χ2n) is 6.17. The number of benzene rings is 2. The van der Waals surface area contributed by atoms with E-state index in [1.807, 2.05) is 48.5 Å². The van der Waals surface area contributed by atoms with Gasteiger partial charge in [-0.05, 0) is 23.3 Å². The summed E-state index contributed by atoms with van der Waals surface area (Å²) in [4.78, 5) is 2.30. The van der Waals surface area contributed by atoms with Gasteiger partial charge < -0.3 is 19.9 Å². The number of rotatable bonds is 7. The van der Waals surface area contributed by atoms with Crippen molar-refractivity contribution in [2.75, 3.05) is 39.9 Å². The van der Waals surface area contributed by atoms with E-state index >= 15 is 0 Å². The van der Waals surface area contributed by atoms with E-state index in [-0.39, 0.29) is 25.1 Å². The van der Waals surface area contributed by atoms with Gasteiger partial charge in [-0.25, -0.2) is 0 Å². The van der Waals surface area contributed by atoms with Gasteiger partial charge in [0.2, 0.25) is 0 Å². The van der Waals surface area contributed by atoms with E-state index in [1.54, 1.807) is 7.11 Å². The number of nitrogens with one attached hydrogen (secondary N) is 1. The Morgan fingerprint density at radius 3 is 2.46 bits per heavy atom. The molecule has 0 saturated carbocycles. The number of hydrogen-bond acceptors (Lipinski definition) is 5. The van der Waals surface area contributed by atoms with Gasteiger partial charge in [0.15, 0.2) is 11.5 Å². The fraction of sp³-hybridized carbons (Fsp3) is 0.400. The molecule has 1 fully saturated rings. The Bertz CT molecular complexity index is 663. The van der Waals surface area contributed by atoms with Crippen molar-refractivity contribution in [3.05, 3.63) is 59.7 Å². The molecular formula is C20H27ClN2O3. The molecule has 0 aliphatic carbocycles. The molecule has 6 heteroatoms. The van der Waals surface area contributed by atoms with Crippen molar-refractivity contribution in [2.24, 2.45) is 0 Å². The van der Waals surface area contributed by atoms with E-state index in [9.17, 15) is 5.11 Å². The molecule has 142 valence electrons. The molecule has 1 heterocycles. The highest BCUT2D eigenvalue weighted by atomic mass is 35.5. The summed E-state index contributed by atoms with van der Waals surface area (Å²) in [7, 11) is 1.65. The molecule has 0 bridgehead atoms. The summed E-state index contributed by atoms with van der Waals surface area (Å²) in [5, 5.41) is 13.2. The van der Waals surface area contributed by atoms with E-state index in [0.29, 0.717) is 18.1 Å². The zero-order chi connectivity index (χ0) is 17.5. The van der Waals surface area contributed by atoms with Crippen LogP contribution in [0.1, 0.15) is 17.2 Å². The minimum Gasteiger partial charge on any atom is -0.493 e. The fourth-order valence-electron chi connectivity index (χ4n) is 3.17. The van der Waals surface area contributed by atoms with Crippen molar-refractivity contribution in [3.8, 4) is 11.5 Å². The highest BCUT2D eigenvalue weighted by Gasteiger charge is 2.22. The number of piperazine rings is 1. The molecule has 0 aromatic heterocycles. The molecule has 0 amide bonds. The number of halogens is 1. The van der Waals surface area contributed by atoms with Crippen LogP contribution in [0.15, 0.2) is 48.5 Å². The average Bonchev–Trinajstić information content (AvgIpc) is 2.69. The predicted octanol–water partition coefficient (Wildman–Crippen LogP) is 2.63. The van der Waals surface area contributed by atoms with Crippen LogP contribution >= 0.6 is 12.4 Å². The highest BCUT2D eigenvalue weighted by molar-refractivity contribution is 5.85. The van der Waals surface area contributed by atoms with Gasteiger partial charge in [0, 0.05) is 26.2 Å². The smallest absolute Gasteiger partial charge is 0.161 e. The van der Waals surface area contributed by atoms with E-state index in [0.717, 1.165) is 37.3 Å². The highest BCUT2D eigenvalue weighted by Crippen LogP contribution is 2.32. The zero-order valence-electron chi connectivity index (χ0n) is 15.1. The fourth-order valence-corrected chi connectivity index (χ4v) is 3.17. The molecule has 1 aliphatic rings. The Balaban J connectivity index is 0.00000243. The Morgan fingerprint density at radius 2 is 1.81 bits per heavy atom. The maximum absolute atomic E-state index is 9.88. The molecule has 3 rings (SSSR count). The number of hydrogen-bond donors (Lipinski definition) is 2. The molecular weight excluding hydrogens is 352 g/mol. The maximum Gasteiger partial charge on any atom is 0.161 e. The van der Waals surface area contributed by atoms with Gasteiger partial charge in [-0.1, -0.05) is 36.4 Å². The van der Waals surface area contributed by atoms with E-state index < -0.39 is 0 Å². The number of methoxy groups -OCH3 is 1. The molecule has 0 spiro atoms. The quantitative estimate of drug-likeness (QED) is 0.775. The van der Waals surface area contributed by atoms with Gasteiger partial charge in [0.05, 0.1) is 19.8 Å². The summed E-state index contributed by atoms with van der Waals surface area (Å²) in [5.74, 6) is 1.41. The Hall–Kier alpha value is -1.79. The minimum absolute atomic E-state index is 0. The first-order valence-corrected chi connectivity index (χ1v) is 8.72. The van der Waals surface area contributed by atoms with Crippen LogP contribution in [-0.4, -0.2) is 49.9 Å². The van der Waals surface area contributed by atoms with Crippen molar-refractivity contribution in [3.63, 3.8) is 0 Å². The third-order valence-electron chi connectivity index (χ3n) is 4.57. The molecule has 2 aromatic carbocycles. The van der Waals surface area contributed by atoms with E-state index in [4.69, 9.17) is 9.47 Å². The van der Waals surface area contributed by atoms with Crippen molar-refractivity contribution in [1.29, 1.82) is 0 Å². The number of nitrogens with zero attached hydrogens (tertiary/aromatic N) is 1. The molecule has 1 saturated heterocycles. The first-order chi connectivity index (χ1) is 12.3. The first-order valence-electron chi connectivity index (χ1n) is 8.72. The maximum atomic E-state index is 9.88. The lowest BCUT2D eigenvalue weighted by atomic mass is 10.0. The van der Waals surface area contributed by atoms with Crippen molar-refractivity contribution in [2.45, 2.75) is 12.6 Å².